The largest absolute Gasteiger partial charge is 0.389 e. The molecule has 7 N–H and O–H groups in total. The van der Waals surface area contributed by atoms with Crippen LogP contribution in [-0.2, 0) is 0 Å². The Hall–Kier alpha value is -3.00. The van der Waals surface area contributed by atoms with E-state index in [-0.39, 0.29) is 23.2 Å². The fraction of sp³-hybridized carbons (Fsp3) is 0.143. The van der Waals surface area contributed by atoms with Crippen LogP contribution in [0.1, 0.15) is 18.6 Å². The second-order valence-electron chi connectivity index (χ2n) is 4.89. The normalized spacial score (nSPS) is 12.5. The first-order valence-corrected chi connectivity index (χ1v) is 6.60. The van der Waals surface area contributed by atoms with Gasteiger partial charge >= 0.3 is 0 Å². The van der Waals surface area contributed by atoms with E-state index in [1.54, 1.807) is 19.1 Å². The van der Waals surface area contributed by atoms with Gasteiger partial charge in [-0.05, 0) is 12.5 Å². The summed E-state index contributed by atoms with van der Waals surface area (Å²) in [5.74, 6) is 0.388. The highest BCUT2D eigenvalue weighted by atomic mass is 16.3. The first-order chi connectivity index (χ1) is 10.5. The van der Waals surface area contributed by atoms with Gasteiger partial charge in [0.25, 0.3) is 0 Å². The molecule has 0 fully saturated rings. The average Bonchev–Trinajstić information content (AvgIpc) is 2.46. The molecule has 3 aromatic rings. The molecule has 3 rings (SSSR count). The number of nitrogen functional groups attached to an aromatic ring is 3. The van der Waals surface area contributed by atoms with Gasteiger partial charge in [-0.25, -0.2) is 9.97 Å². The van der Waals surface area contributed by atoms with Crippen LogP contribution in [0.4, 0.5) is 17.6 Å². The van der Waals surface area contributed by atoms with Crippen LogP contribution in [0.5, 0.6) is 0 Å². The molecule has 0 aliphatic rings. The second kappa shape index (κ2) is 5.08. The van der Waals surface area contributed by atoms with Crippen LogP contribution < -0.4 is 17.2 Å². The van der Waals surface area contributed by atoms with E-state index in [4.69, 9.17) is 17.2 Å². The zero-order chi connectivity index (χ0) is 15.9. The number of rotatable bonds is 2. The molecule has 0 saturated carbocycles. The predicted molar refractivity (Wildman–Crippen MR) is 84.4 cm³/mol. The highest BCUT2D eigenvalue weighted by molar-refractivity contribution is 5.87. The average molecular weight is 297 g/mol. The Balaban J connectivity index is 2.16. The zero-order valence-electron chi connectivity index (χ0n) is 11.9. The molecule has 0 radical (unpaired) electrons. The lowest BCUT2D eigenvalue weighted by Crippen LogP contribution is -2.06. The van der Waals surface area contributed by atoms with Crippen molar-refractivity contribution in [3.8, 4) is 11.3 Å². The third-order valence-corrected chi connectivity index (χ3v) is 3.27. The summed E-state index contributed by atoms with van der Waals surface area (Å²) in [6.07, 6.45) is -0.541. The molecule has 2 aromatic heterocycles. The number of aliphatic hydroxyl groups is 1. The fourth-order valence-corrected chi connectivity index (χ4v) is 2.13. The van der Waals surface area contributed by atoms with Gasteiger partial charge < -0.3 is 22.3 Å². The summed E-state index contributed by atoms with van der Waals surface area (Å²) < 4.78 is 0. The number of anilines is 3. The van der Waals surface area contributed by atoms with Crippen molar-refractivity contribution in [1.29, 1.82) is 0 Å². The number of hydrogen-bond donors (Lipinski definition) is 4. The molecule has 112 valence electrons. The van der Waals surface area contributed by atoms with E-state index in [1.807, 2.05) is 12.1 Å². The second-order valence-corrected chi connectivity index (χ2v) is 4.89. The number of aromatic nitrogens is 4. The summed E-state index contributed by atoms with van der Waals surface area (Å²) >= 11 is 0. The lowest BCUT2D eigenvalue weighted by Gasteiger charge is -2.09. The third-order valence-electron chi connectivity index (χ3n) is 3.27. The van der Waals surface area contributed by atoms with Gasteiger partial charge in [0.15, 0.2) is 22.8 Å². The van der Waals surface area contributed by atoms with E-state index in [2.05, 4.69) is 19.9 Å². The number of aliphatic hydroxyl groups excluding tert-OH is 1. The van der Waals surface area contributed by atoms with E-state index in [0.717, 1.165) is 11.1 Å². The molecule has 22 heavy (non-hydrogen) atoms. The van der Waals surface area contributed by atoms with Gasteiger partial charge in [-0.15, -0.1) is 0 Å². The third kappa shape index (κ3) is 2.35. The van der Waals surface area contributed by atoms with E-state index in [9.17, 15) is 5.11 Å². The number of fused-ring (bicyclic) bond motifs is 1. The molecule has 1 unspecified atom stereocenters. The van der Waals surface area contributed by atoms with E-state index in [0.29, 0.717) is 11.2 Å². The molecular formula is C14H15N7O. The van der Waals surface area contributed by atoms with Gasteiger partial charge in [-0.2, -0.15) is 9.97 Å². The van der Waals surface area contributed by atoms with Gasteiger partial charge in [0.2, 0.25) is 5.95 Å². The van der Waals surface area contributed by atoms with Crippen molar-refractivity contribution in [2.75, 3.05) is 17.2 Å². The number of hydrogen-bond acceptors (Lipinski definition) is 8. The summed E-state index contributed by atoms with van der Waals surface area (Å²) in [6.45, 7) is 1.70. The summed E-state index contributed by atoms with van der Waals surface area (Å²) in [7, 11) is 0. The Labute approximate surface area is 126 Å². The quantitative estimate of drug-likeness (QED) is 0.544. The Morgan fingerprint density at radius 1 is 0.909 bits per heavy atom. The van der Waals surface area contributed by atoms with Gasteiger partial charge in [-0.1, -0.05) is 24.3 Å². The molecular weight excluding hydrogens is 282 g/mol. The highest BCUT2D eigenvalue weighted by Crippen LogP contribution is 2.27. The van der Waals surface area contributed by atoms with E-state index in [1.165, 1.54) is 0 Å². The van der Waals surface area contributed by atoms with Crippen LogP contribution in [0.3, 0.4) is 0 Å². The Morgan fingerprint density at radius 2 is 1.59 bits per heavy atom. The molecule has 0 amide bonds. The van der Waals surface area contributed by atoms with Crippen molar-refractivity contribution in [2.24, 2.45) is 0 Å². The van der Waals surface area contributed by atoms with Gasteiger partial charge in [0, 0.05) is 5.56 Å². The minimum atomic E-state index is -0.541. The first kappa shape index (κ1) is 14.0. The minimum Gasteiger partial charge on any atom is -0.389 e. The van der Waals surface area contributed by atoms with Crippen LogP contribution in [0.25, 0.3) is 22.4 Å². The molecule has 1 atom stereocenters. The molecule has 0 saturated heterocycles. The minimum absolute atomic E-state index is 0.0211. The summed E-state index contributed by atoms with van der Waals surface area (Å²) in [6, 6.07) is 7.22. The van der Waals surface area contributed by atoms with Gasteiger partial charge in [-0.3, -0.25) is 0 Å². The molecule has 0 bridgehead atoms. The highest BCUT2D eigenvalue weighted by Gasteiger charge is 2.13. The number of benzene rings is 1. The summed E-state index contributed by atoms with van der Waals surface area (Å²) in [5, 5.41) is 9.55. The van der Waals surface area contributed by atoms with Crippen molar-refractivity contribution in [2.45, 2.75) is 13.0 Å². The first-order valence-electron chi connectivity index (χ1n) is 6.60. The smallest absolute Gasteiger partial charge is 0.224 e. The molecule has 0 aliphatic carbocycles. The van der Waals surface area contributed by atoms with Crippen molar-refractivity contribution >= 4 is 28.7 Å². The topological polar surface area (TPSA) is 150 Å². The lowest BCUT2D eigenvalue weighted by atomic mass is 10.1. The molecule has 0 spiro atoms. The van der Waals surface area contributed by atoms with Crippen molar-refractivity contribution in [1.82, 2.24) is 19.9 Å². The standard InChI is InChI=1S/C14H15N7O/c1-6(22)7-2-4-8(5-3-7)9-11(15)19-13-10(18-9)12(16)20-14(17)21-13/h2-6,22H,1H3,(H6,15,16,17,19,20,21). The van der Waals surface area contributed by atoms with Gasteiger partial charge in [0.05, 0.1) is 6.10 Å². The van der Waals surface area contributed by atoms with Crippen molar-refractivity contribution < 1.29 is 5.11 Å². The zero-order valence-corrected chi connectivity index (χ0v) is 11.9. The monoisotopic (exact) mass is 297 g/mol. The Kier molecular flexibility index (Phi) is 3.22. The lowest BCUT2D eigenvalue weighted by molar-refractivity contribution is 0.199. The van der Waals surface area contributed by atoms with Crippen molar-refractivity contribution in [3.63, 3.8) is 0 Å². The molecule has 8 nitrogen and oxygen atoms in total. The van der Waals surface area contributed by atoms with E-state index >= 15 is 0 Å². The summed E-state index contributed by atoms with van der Waals surface area (Å²) in [4.78, 5) is 16.4. The Bertz CT molecular complexity index is 846. The van der Waals surface area contributed by atoms with E-state index < -0.39 is 6.10 Å². The Morgan fingerprint density at radius 3 is 2.23 bits per heavy atom. The predicted octanol–water partition coefficient (Wildman–Crippen LogP) is 0.887. The van der Waals surface area contributed by atoms with Crippen LogP contribution in [0.2, 0.25) is 0 Å². The maximum absolute atomic E-state index is 9.55. The van der Waals surface area contributed by atoms with Crippen LogP contribution in [-0.4, -0.2) is 25.0 Å². The van der Waals surface area contributed by atoms with Crippen molar-refractivity contribution in [3.05, 3.63) is 29.8 Å². The molecule has 2 heterocycles. The van der Waals surface area contributed by atoms with Crippen LogP contribution in [0, 0.1) is 0 Å². The maximum atomic E-state index is 9.55. The van der Waals surface area contributed by atoms with Crippen LogP contribution in [0.15, 0.2) is 24.3 Å². The number of nitrogens with two attached hydrogens (primary N) is 3. The van der Waals surface area contributed by atoms with Crippen LogP contribution >= 0.6 is 0 Å². The number of nitrogens with zero attached hydrogens (tertiary/aromatic N) is 4. The summed E-state index contributed by atoms with van der Waals surface area (Å²) in [5.41, 5.74) is 19.9. The molecule has 0 aliphatic heterocycles. The molecule has 8 heteroatoms. The maximum Gasteiger partial charge on any atom is 0.224 e. The SMILES string of the molecule is CC(O)c1ccc(-c2nc3c(N)nc(N)nc3nc2N)cc1. The fourth-order valence-electron chi connectivity index (χ4n) is 2.13. The van der Waals surface area contributed by atoms with Gasteiger partial charge in [0.1, 0.15) is 5.69 Å². The molecule has 1 aromatic carbocycles.